The molecule has 20 heavy (non-hydrogen) atoms. The fourth-order valence-corrected chi connectivity index (χ4v) is 1.85. The summed E-state index contributed by atoms with van der Waals surface area (Å²) in [6, 6.07) is 10.0. The van der Waals surface area contributed by atoms with Crippen LogP contribution in [0.1, 0.15) is 5.56 Å². The van der Waals surface area contributed by atoms with Crippen LogP contribution in [-0.2, 0) is 6.54 Å². The second-order valence-electron chi connectivity index (χ2n) is 3.92. The second-order valence-corrected chi connectivity index (χ2v) is 4.33. The lowest BCUT2D eigenvalue weighted by Crippen LogP contribution is -2.05. The minimum atomic E-state index is -0.499. The van der Waals surface area contributed by atoms with Crippen LogP contribution in [0.3, 0.4) is 0 Å². The van der Waals surface area contributed by atoms with E-state index in [1.807, 2.05) is 18.2 Å². The van der Waals surface area contributed by atoms with Crippen LogP contribution in [0.2, 0.25) is 5.02 Å². The minimum Gasteiger partial charge on any atom is -0.481 e. The van der Waals surface area contributed by atoms with Crippen LogP contribution in [0, 0.1) is 10.1 Å². The van der Waals surface area contributed by atoms with Crippen molar-refractivity contribution in [3.05, 3.63) is 57.1 Å². The number of hydrogen-bond acceptors (Lipinski definition) is 5. The maximum absolute atomic E-state index is 11.0. The lowest BCUT2D eigenvalue weighted by molar-refractivity contribution is -0.384. The summed E-state index contributed by atoms with van der Waals surface area (Å²) in [4.78, 5) is 14.5. The first kappa shape index (κ1) is 14.1. The van der Waals surface area contributed by atoms with E-state index < -0.39 is 4.92 Å². The smallest absolute Gasteiger partial charge is 0.311 e. The number of hydrogen-bond donors (Lipinski definition) is 1. The first-order valence-electron chi connectivity index (χ1n) is 5.78. The number of halogens is 1. The minimum absolute atomic E-state index is 0.113. The van der Waals surface area contributed by atoms with E-state index in [-0.39, 0.29) is 11.5 Å². The standard InChI is InChI=1S/C13H12ClN3O3/c1-20-12-7-6-11(17(18)19)13(16-12)15-8-9-4-2-3-5-10(9)14/h2-7H,8H2,1H3,(H,15,16). The summed E-state index contributed by atoms with van der Waals surface area (Å²) < 4.78 is 4.97. The number of anilines is 1. The molecule has 0 radical (unpaired) electrons. The molecular formula is C13H12ClN3O3. The third-order valence-electron chi connectivity index (χ3n) is 2.66. The fourth-order valence-electron chi connectivity index (χ4n) is 1.65. The normalized spacial score (nSPS) is 10.1. The number of nitrogens with one attached hydrogen (secondary N) is 1. The lowest BCUT2D eigenvalue weighted by Gasteiger charge is -2.08. The summed E-state index contributed by atoms with van der Waals surface area (Å²) in [6.07, 6.45) is 0. The first-order valence-corrected chi connectivity index (χ1v) is 6.16. The Balaban J connectivity index is 2.24. The largest absolute Gasteiger partial charge is 0.481 e. The van der Waals surface area contributed by atoms with Gasteiger partial charge in [0.2, 0.25) is 11.7 Å². The summed E-state index contributed by atoms with van der Waals surface area (Å²) in [6.45, 7) is 0.334. The van der Waals surface area contributed by atoms with Crippen molar-refractivity contribution in [3.8, 4) is 5.88 Å². The Labute approximate surface area is 120 Å². The molecule has 1 aromatic carbocycles. The predicted molar refractivity (Wildman–Crippen MR) is 76.2 cm³/mol. The van der Waals surface area contributed by atoms with Crippen LogP contribution in [0.15, 0.2) is 36.4 Å². The third-order valence-corrected chi connectivity index (χ3v) is 3.03. The van der Waals surface area contributed by atoms with Gasteiger partial charge in [-0.15, -0.1) is 0 Å². The zero-order valence-corrected chi connectivity index (χ0v) is 11.4. The molecule has 0 unspecified atom stereocenters. The topological polar surface area (TPSA) is 77.3 Å². The van der Waals surface area contributed by atoms with E-state index >= 15 is 0 Å². The Bertz CT molecular complexity index is 634. The van der Waals surface area contributed by atoms with Gasteiger partial charge in [0.1, 0.15) is 0 Å². The van der Waals surface area contributed by atoms with Crippen LogP contribution in [0.5, 0.6) is 5.88 Å². The number of aromatic nitrogens is 1. The molecule has 0 spiro atoms. The van der Waals surface area contributed by atoms with Crippen molar-refractivity contribution < 1.29 is 9.66 Å². The van der Waals surface area contributed by atoms with Gasteiger partial charge in [0, 0.05) is 23.7 Å². The SMILES string of the molecule is COc1ccc([N+](=O)[O-])c(NCc2ccccc2Cl)n1. The molecule has 0 saturated carbocycles. The Morgan fingerprint density at radius 2 is 2.10 bits per heavy atom. The van der Waals surface area contributed by atoms with E-state index in [2.05, 4.69) is 10.3 Å². The zero-order valence-electron chi connectivity index (χ0n) is 10.7. The number of rotatable bonds is 5. The number of pyridine rings is 1. The molecule has 0 fully saturated rings. The number of ether oxygens (including phenoxy) is 1. The average molecular weight is 294 g/mol. The van der Waals surface area contributed by atoms with Gasteiger partial charge in [-0.1, -0.05) is 29.8 Å². The number of methoxy groups -OCH3 is 1. The fraction of sp³-hybridized carbons (Fsp3) is 0.154. The van der Waals surface area contributed by atoms with Gasteiger partial charge < -0.3 is 10.1 Å². The van der Waals surface area contributed by atoms with Crippen molar-refractivity contribution in [1.82, 2.24) is 4.98 Å². The molecule has 2 rings (SSSR count). The van der Waals surface area contributed by atoms with Crippen LogP contribution in [0.25, 0.3) is 0 Å². The highest BCUT2D eigenvalue weighted by Crippen LogP contribution is 2.26. The Hall–Kier alpha value is -2.34. The second kappa shape index (κ2) is 6.21. The van der Waals surface area contributed by atoms with E-state index in [0.29, 0.717) is 17.4 Å². The molecule has 1 heterocycles. The molecule has 7 heteroatoms. The highest BCUT2D eigenvalue weighted by Gasteiger charge is 2.16. The molecule has 0 bridgehead atoms. The first-order chi connectivity index (χ1) is 9.61. The molecule has 0 aliphatic carbocycles. The van der Waals surface area contributed by atoms with Gasteiger partial charge in [0.05, 0.1) is 12.0 Å². The van der Waals surface area contributed by atoms with E-state index in [4.69, 9.17) is 16.3 Å². The molecule has 104 valence electrons. The van der Waals surface area contributed by atoms with Crippen molar-refractivity contribution in [2.45, 2.75) is 6.54 Å². The molecule has 0 amide bonds. The van der Waals surface area contributed by atoms with E-state index in [0.717, 1.165) is 5.56 Å². The maximum Gasteiger partial charge on any atom is 0.311 e. The highest BCUT2D eigenvalue weighted by molar-refractivity contribution is 6.31. The van der Waals surface area contributed by atoms with Crippen molar-refractivity contribution in [3.63, 3.8) is 0 Å². The van der Waals surface area contributed by atoms with Crippen molar-refractivity contribution in [2.24, 2.45) is 0 Å². The molecule has 6 nitrogen and oxygen atoms in total. The molecule has 0 atom stereocenters. The molecule has 1 aromatic heterocycles. The maximum atomic E-state index is 11.0. The molecule has 1 N–H and O–H groups in total. The highest BCUT2D eigenvalue weighted by atomic mass is 35.5. The summed E-state index contributed by atoms with van der Waals surface area (Å²) in [5, 5.41) is 14.5. The molecular weight excluding hydrogens is 282 g/mol. The van der Waals surface area contributed by atoms with Crippen molar-refractivity contribution in [1.29, 1.82) is 0 Å². The van der Waals surface area contributed by atoms with Crippen molar-refractivity contribution >= 4 is 23.1 Å². The number of nitro groups is 1. The van der Waals surface area contributed by atoms with Gasteiger partial charge in [-0.3, -0.25) is 10.1 Å². The van der Waals surface area contributed by atoms with Crippen LogP contribution < -0.4 is 10.1 Å². The Morgan fingerprint density at radius 3 is 2.75 bits per heavy atom. The van der Waals surface area contributed by atoms with Gasteiger partial charge in [-0.05, 0) is 11.6 Å². The van der Waals surface area contributed by atoms with Gasteiger partial charge in [-0.25, -0.2) is 0 Å². The molecule has 0 saturated heterocycles. The monoisotopic (exact) mass is 293 g/mol. The molecule has 2 aromatic rings. The van der Waals surface area contributed by atoms with Gasteiger partial charge >= 0.3 is 5.69 Å². The quantitative estimate of drug-likeness (QED) is 0.676. The van der Waals surface area contributed by atoms with E-state index in [1.54, 1.807) is 6.07 Å². The van der Waals surface area contributed by atoms with Crippen LogP contribution in [0.4, 0.5) is 11.5 Å². The average Bonchev–Trinajstić information content (AvgIpc) is 2.46. The summed E-state index contributed by atoms with van der Waals surface area (Å²) in [7, 11) is 1.45. The van der Waals surface area contributed by atoms with Gasteiger partial charge in [0.25, 0.3) is 0 Å². The Kier molecular flexibility index (Phi) is 4.37. The number of benzene rings is 1. The van der Waals surface area contributed by atoms with E-state index in [9.17, 15) is 10.1 Å². The summed E-state index contributed by atoms with van der Waals surface area (Å²) >= 11 is 6.03. The summed E-state index contributed by atoms with van der Waals surface area (Å²) in [5.41, 5.74) is 0.714. The van der Waals surface area contributed by atoms with Gasteiger partial charge in [0.15, 0.2) is 0 Å². The lowest BCUT2D eigenvalue weighted by atomic mass is 10.2. The zero-order chi connectivity index (χ0) is 14.5. The number of nitrogens with zero attached hydrogens (tertiary/aromatic N) is 2. The third kappa shape index (κ3) is 3.16. The summed E-state index contributed by atoms with van der Waals surface area (Å²) in [5.74, 6) is 0.450. The van der Waals surface area contributed by atoms with E-state index in [1.165, 1.54) is 19.2 Å². The molecule has 0 aliphatic rings. The molecule has 0 aliphatic heterocycles. The van der Waals surface area contributed by atoms with Crippen LogP contribution in [-0.4, -0.2) is 17.0 Å². The van der Waals surface area contributed by atoms with Crippen LogP contribution >= 0.6 is 11.6 Å². The van der Waals surface area contributed by atoms with Gasteiger partial charge in [-0.2, -0.15) is 4.98 Å². The Morgan fingerprint density at radius 1 is 1.35 bits per heavy atom. The van der Waals surface area contributed by atoms with Crippen molar-refractivity contribution in [2.75, 3.05) is 12.4 Å². The predicted octanol–water partition coefficient (Wildman–Crippen LogP) is 3.26.